The molecule has 5 nitrogen and oxygen atoms in total. The maximum atomic E-state index is 11.5. The van der Waals surface area contributed by atoms with Crippen molar-refractivity contribution >= 4 is 31.4 Å². The van der Waals surface area contributed by atoms with Crippen molar-refractivity contribution in [3.05, 3.63) is 21.9 Å². The van der Waals surface area contributed by atoms with Gasteiger partial charge in [-0.3, -0.25) is 0 Å². The Morgan fingerprint density at radius 2 is 2.39 bits per heavy atom. The summed E-state index contributed by atoms with van der Waals surface area (Å²) in [7, 11) is 1.30. The van der Waals surface area contributed by atoms with Gasteiger partial charge in [-0.05, 0) is 22.0 Å². The molecule has 0 N–H and O–H groups in total. The van der Waals surface area contributed by atoms with Crippen LogP contribution >= 0.6 is 15.9 Å². The maximum absolute atomic E-state index is 11.5. The van der Waals surface area contributed by atoms with Crippen molar-refractivity contribution < 1.29 is 14.3 Å². The lowest BCUT2D eigenvalue weighted by molar-refractivity contribution is 0.0598. The summed E-state index contributed by atoms with van der Waals surface area (Å²) in [5.41, 5.74) is 0.701. The molecule has 0 saturated carbocycles. The quantitative estimate of drug-likeness (QED) is 0.450. The average molecular weight is 331 g/mol. The molecule has 1 aromatic rings. The lowest BCUT2D eigenvalue weighted by atomic mass is 10.3. The fraction of sp³-hybridized carbons (Fsp3) is 0.455. The Kier molecular flexibility index (Phi) is 6.11. The Balaban J connectivity index is 2.85. The number of nitriles is 1. The Morgan fingerprint density at radius 3 is 2.94 bits per heavy atom. The van der Waals surface area contributed by atoms with Crippen LogP contribution in [0.1, 0.15) is 16.1 Å². The van der Waals surface area contributed by atoms with E-state index in [0.717, 1.165) is 6.04 Å². The van der Waals surface area contributed by atoms with E-state index in [4.69, 9.17) is 10.00 Å². The molecule has 1 heterocycles. The Labute approximate surface area is 117 Å². The number of esters is 1. The SMILES string of the molecule is COC(=O)c1cn(COCC[SiH2]C)c(C#N)c1Br. The number of methoxy groups -OCH3 is 1. The van der Waals surface area contributed by atoms with E-state index >= 15 is 0 Å². The van der Waals surface area contributed by atoms with Crippen molar-refractivity contribution in [3.63, 3.8) is 0 Å². The molecule has 7 heteroatoms. The van der Waals surface area contributed by atoms with Crippen molar-refractivity contribution in [3.8, 4) is 6.07 Å². The van der Waals surface area contributed by atoms with E-state index in [1.54, 1.807) is 10.8 Å². The Morgan fingerprint density at radius 1 is 1.67 bits per heavy atom. The number of rotatable bonds is 6. The van der Waals surface area contributed by atoms with E-state index in [-0.39, 0.29) is 16.3 Å². The Bertz CT molecular complexity index is 468. The number of hydrogen-bond acceptors (Lipinski definition) is 4. The average Bonchev–Trinajstić information content (AvgIpc) is 2.70. The second kappa shape index (κ2) is 7.36. The molecule has 0 saturated heterocycles. The van der Waals surface area contributed by atoms with Crippen molar-refractivity contribution in [1.29, 1.82) is 5.26 Å². The summed E-state index contributed by atoms with van der Waals surface area (Å²) in [6.45, 7) is 3.18. The number of hydrogen-bond donors (Lipinski definition) is 0. The van der Waals surface area contributed by atoms with E-state index in [2.05, 4.69) is 27.2 Å². The molecular formula is C11H15BrN2O3Si. The van der Waals surface area contributed by atoms with Gasteiger partial charge in [0, 0.05) is 22.3 Å². The van der Waals surface area contributed by atoms with Crippen LogP contribution in [0, 0.1) is 11.3 Å². The zero-order chi connectivity index (χ0) is 13.5. The van der Waals surface area contributed by atoms with Gasteiger partial charge in [-0.15, -0.1) is 0 Å². The molecule has 0 radical (unpaired) electrons. The van der Waals surface area contributed by atoms with E-state index in [1.165, 1.54) is 7.11 Å². The summed E-state index contributed by atoms with van der Waals surface area (Å²) in [5.74, 6) is -0.474. The highest BCUT2D eigenvalue weighted by molar-refractivity contribution is 9.10. The van der Waals surface area contributed by atoms with E-state index < -0.39 is 5.97 Å². The van der Waals surface area contributed by atoms with Crippen LogP contribution < -0.4 is 0 Å². The number of ether oxygens (including phenoxy) is 2. The summed E-state index contributed by atoms with van der Waals surface area (Å²) >= 11 is 3.23. The summed E-state index contributed by atoms with van der Waals surface area (Å²) in [6, 6.07) is 3.15. The number of carbonyl (C=O) groups is 1. The molecule has 0 aliphatic heterocycles. The third-order valence-corrected chi connectivity index (χ3v) is 4.20. The van der Waals surface area contributed by atoms with Crippen molar-refractivity contribution in [2.45, 2.75) is 19.3 Å². The van der Waals surface area contributed by atoms with Gasteiger partial charge in [0.05, 0.1) is 17.1 Å². The highest BCUT2D eigenvalue weighted by atomic mass is 79.9. The van der Waals surface area contributed by atoms with Crippen LogP contribution in [0.25, 0.3) is 0 Å². The first-order valence-corrected chi connectivity index (χ1v) is 8.81. The first-order chi connectivity index (χ1) is 8.65. The molecule has 0 aromatic carbocycles. The largest absolute Gasteiger partial charge is 0.465 e. The molecule has 0 atom stereocenters. The first kappa shape index (κ1) is 15.0. The minimum absolute atomic E-state index is 0.00294. The minimum atomic E-state index is -0.474. The van der Waals surface area contributed by atoms with Crippen LogP contribution in [0.5, 0.6) is 0 Å². The molecule has 0 aliphatic carbocycles. The van der Waals surface area contributed by atoms with Crippen LogP contribution in [0.4, 0.5) is 0 Å². The molecule has 0 bridgehead atoms. The third kappa shape index (κ3) is 3.45. The fourth-order valence-corrected chi connectivity index (χ4v) is 2.48. The molecule has 98 valence electrons. The van der Waals surface area contributed by atoms with Crippen LogP contribution in [0.15, 0.2) is 10.7 Å². The number of nitrogens with zero attached hydrogens (tertiary/aromatic N) is 2. The van der Waals surface area contributed by atoms with Gasteiger partial charge < -0.3 is 14.0 Å². The van der Waals surface area contributed by atoms with Gasteiger partial charge in [-0.25, -0.2) is 4.79 Å². The van der Waals surface area contributed by atoms with E-state index in [9.17, 15) is 4.79 Å². The molecule has 0 fully saturated rings. The highest BCUT2D eigenvalue weighted by Crippen LogP contribution is 2.24. The van der Waals surface area contributed by atoms with E-state index in [0.29, 0.717) is 22.3 Å². The number of aromatic nitrogens is 1. The predicted molar refractivity (Wildman–Crippen MR) is 73.4 cm³/mol. The van der Waals surface area contributed by atoms with E-state index in [1.807, 2.05) is 6.07 Å². The smallest absolute Gasteiger partial charge is 0.340 e. The van der Waals surface area contributed by atoms with Gasteiger partial charge in [0.15, 0.2) is 0 Å². The Hall–Kier alpha value is -1.10. The summed E-state index contributed by atoms with van der Waals surface area (Å²) in [5, 5.41) is 9.07. The maximum Gasteiger partial charge on any atom is 0.340 e. The van der Waals surface area contributed by atoms with Crippen molar-refractivity contribution in [2.75, 3.05) is 13.7 Å². The van der Waals surface area contributed by atoms with Gasteiger partial charge in [0.2, 0.25) is 0 Å². The van der Waals surface area contributed by atoms with Gasteiger partial charge in [-0.2, -0.15) is 5.26 Å². The second-order valence-electron chi connectivity index (χ2n) is 3.67. The van der Waals surface area contributed by atoms with Gasteiger partial charge >= 0.3 is 5.97 Å². The first-order valence-electron chi connectivity index (χ1n) is 5.60. The summed E-state index contributed by atoms with van der Waals surface area (Å²) in [4.78, 5) is 11.5. The number of halogens is 1. The van der Waals surface area contributed by atoms with Crippen molar-refractivity contribution in [2.24, 2.45) is 0 Å². The molecule has 0 spiro atoms. The molecule has 1 aromatic heterocycles. The normalized spacial score (nSPS) is 10.8. The lowest BCUT2D eigenvalue weighted by Gasteiger charge is -2.05. The standard InChI is InChI=1S/C11H15BrN2O3Si/c1-16-11(15)8-6-14(7-17-3-4-18-2)9(5-13)10(8)12/h6H,3-4,7,18H2,1-2H3. The second-order valence-corrected chi connectivity index (χ2v) is 6.17. The third-order valence-electron chi connectivity index (χ3n) is 2.40. The fourth-order valence-electron chi connectivity index (χ4n) is 1.41. The molecule has 18 heavy (non-hydrogen) atoms. The molecular weight excluding hydrogens is 316 g/mol. The monoisotopic (exact) mass is 330 g/mol. The summed E-state index contributed by atoms with van der Waals surface area (Å²) < 4.78 is 12.2. The zero-order valence-corrected chi connectivity index (χ0v) is 13.4. The summed E-state index contributed by atoms with van der Waals surface area (Å²) in [6.07, 6.45) is 1.57. The van der Waals surface area contributed by atoms with Crippen molar-refractivity contribution in [1.82, 2.24) is 4.57 Å². The van der Waals surface area contributed by atoms with Crippen LogP contribution in [-0.2, 0) is 16.2 Å². The van der Waals surface area contributed by atoms with Gasteiger partial charge in [0.1, 0.15) is 18.5 Å². The van der Waals surface area contributed by atoms with Crippen LogP contribution in [-0.4, -0.2) is 33.8 Å². The lowest BCUT2D eigenvalue weighted by Crippen LogP contribution is -2.05. The predicted octanol–water partition coefficient (Wildman–Crippen LogP) is 1.52. The zero-order valence-electron chi connectivity index (χ0n) is 10.4. The highest BCUT2D eigenvalue weighted by Gasteiger charge is 2.19. The molecule has 0 aliphatic rings. The minimum Gasteiger partial charge on any atom is -0.465 e. The van der Waals surface area contributed by atoms with Crippen LogP contribution in [0.3, 0.4) is 0 Å². The molecule has 1 rings (SSSR count). The number of carbonyl (C=O) groups excluding carboxylic acids is 1. The van der Waals surface area contributed by atoms with Gasteiger partial charge in [0.25, 0.3) is 0 Å². The van der Waals surface area contributed by atoms with Crippen LogP contribution in [0.2, 0.25) is 12.6 Å². The topological polar surface area (TPSA) is 64.2 Å². The molecule has 0 amide bonds. The molecule has 0 unspecified atom stereocenters. The van der Waals surface area contributed by atoms with Gasteiger partial charge in [-0.1, -0.05) is 6.55 Å².